The summed E-state index contributed by atoms with van der Waals surface area (Å²) in [7, 11) is 0. The number of hydrogen-bond acceptors (Lipinski definition) is 4. The number of benzene rings is 1. The SMILES string of the molecule is Cc1cc(/C=N\NC(=O)CN2CCOCC2)c(C)n1-c1cc(Cl)ccc1Cl. The van der Waals surface area contributed by atoms with Crippen molar-refractivity contribution in [3.8, 4) is 5.69 Å². The van der Waals surface area contributed by atoms with Gasteiger partial charge in [-0.3, -0.25) is 9.69 Å². The summed E-state index contributed by atoms with van der Waals surface area (Å²) in [6, 6.07) is 7.35. The average Bonchev–Trinajstić information content (AvgIpc) is 2.92. The second-order valence-electron chi connectivity index (χ2n) is 6.44. The topological polar surface area (TPSA) is 58.9 Å². The van der Waals surface area contributed by atoms with Gasteiger partial charge in [0.2, 0.25) is 0 Å². The summed E-state index contributed by atoms with van der Waals surface area (Å²) in [5.74, 6) is -0.139. The molecule has 1 aliphatic heterocycles. The number of hydrogen-bond donors (Lipinski definition) is 1. The summed E-state index contributed by atoms with van der Waals surface area (Å²) < 4.78 is 7.30. The molecule has 27 heavy (non-hydrogen) atoms. The van der Waals surface area contributed by atoms with Gasteiger partial charge in [0.05, 0.1) is 36.7 Å². The van der Waals surface area contributed by atoms with E-state index in [2.05, 4.69) is 10.5 Å². The lowest BCUT2D eigenvalue weighted by Gasteiger charge is -2.25. The molecule has 0 spiro atoms. The summed E-state index contributed by atoms with van der Waals surface area (Å²) in [6.07, 6.45) is 1.65. The van der Waals surface area contributed by atoms with E-state index in [1.54, 1.807) is 18.3 Å². The van der Waals surface area contributed by atoms with Gasteiger partial charge in [-0.05, 0) is 38.1 Å². The highest BCUT2D eigenvalue weighted by molar-refractivity contribution is 6.34. The molecular weight excluding hydrogens is 387 g/mol. The Labute approximate surface area is 168 Å². The van der Waals surface area contributed by atoms with E-state index in [9.17, 15) is 4.79 Å². The highest BCUT2D eigenvalue weighted by Crippen LogP contribution is 2.28. The minimum Gasteiger partial charge on any atom is -0.379 e. The molecule has 0 unspecified atom stereocenters. The first-order valence-electron chi connectivity index (χ1n) is 8.72. The average molecular weight is 409 g/mol. The summed E-state index contributed by atoms with van der Waals surface area (Å²) in [4.78, 5) is 14.1. The molecule has 1 saturated heterocycles. The van der Waals surface area contributed by atoms with Crippen molar-refractivity contribution < 1.29 is 9.53 Å². The van der Waals surface area contributed by atoms with Crippen molar-refractivity contribution in [3.63, 3.8) is 0 Å². The number of morpholine rings is 1. The highest BCUT2D eigenvalue weighted by Gasteiger charge is 2.14. The number of ether oxygens (including phenoxy) is 1. The largest absolute Gasteiger partial charge is 0.379 e. The van der Waals surface area contributed by atoms with Crippen molar-refractivity contribution in [1.29, 1.82) is 0 Å². The van der Waals surface area contributed by atoms with Crippen molar-refractivity contribution >= 4 is 35.3 Å². The number of carbonyl (C=O) groups excluding carboxylic acids is 1. The Bertz CT molecular complexity index is 858. The normalized spacial score (nSPS) is 15.4. The Morgan fingerprint density at radius 3 is 2.74 bits per heavy atom. The van der Waals surface area contributed by atoms with Gasteiger partial charge in [-0.2, -0.15) is 5.10 Å². The van der Waals surface area contributed by atoms with Crippen LogP contribution in [-0.2, 0) is 9.53 Å². The van der Waals surface area contributed by atoms with E-state index in [1.807, 2.05) is 35.4 Å². The molecule has 1 amide bonds. The van der Waals surface area contributed by atoms with E-state index in [4.69, 9.17) is 27.9 Å². The molecule has 0 aliphatic carbocycles. The van der Waals surface area contributed by atoms with Crippen LogP contribution in [0.5, 0.6) is 0 Å². The second kappa shape index (κ2) is 8.89. The molecule has 3 rings (SSSR count). The van der Waals surface area contributed by atoms with Crippen LogP contribution < -0.4 is 5.43 Å². The number of halogens is 2. The maximum Gasteiger partial charge on any atom is 0.254 e. The van der Waals surface area contributed by atoms with Crippen LogP contribution in [0.1, 0.15) is 17.0 Å². The Morgan fingerprint density at radius 2 is 2.00 bits per heavy atom. The van der Waals surface area contributed by atoms with Gasteiger partial charge < -0.3 is 9.30 Å². The van der Waals surface area contributed by atoms with Crippen molar-refractivity contribution in [1.82, 2.24) is 14.9 Å². The molecule has 1 aliphatic rings. The van der Waals surface area contributed by atoms with Crippen LogP contribution >= 0.6 is 23.2 Å². The van der Waals surface area contributed by atoms with Gasteiger partial charge in [0.15, 0.2) is 0 Å². The number of amides is 1. The van der Waals surface area contributed by atoms with E-state index < -0.39 is 0 Å². The lowest BCUT2D eigenvalue weighted by Crippen LogP contribution is -2.42. The highest BCUT2D eigenvalue weighted by atomic mass is 35.5. The fourth-order valence-electron chi connectivity index (χ4n) is 3.12. The summed E-state index contributed by atoms with van der Waals surface area (Å²) in [5, 5.41) is 5.33. The van der Waals surface area contributed by atoms with Gasteiger partial charge in [-0.25, -0.2) is 5.43 Å². The van der Waals surface area contributed by atoms with Crippen LogP contribution in [0.4, 0.5) is 0 Å². The summed E-state index contributed by atoms with van der Waals surface area (Å²) >= 11 is 12.5. The molecular formula is C19H22Cl2N4O2. The molecule has 144 valence electrons. The van der Waals surface area contributed by atoms with Gasteiger partial charge in [-0.1, -0.05) is 23.2 Å². The van der Waals surface area contributed by atoms with E-state index in [0.29, 0.717) is 29.8 Å². The maximum atomic E-state index is 12.0. The van der Waals surface area contributed by atoms with Crippen LogP contribution in [0.3, 0.4) is 0 Å². The van der Waals surface area contributed by atoms with Crippen LogP contribution in [0.2, 0.25) is 10.0 Å². The molecule has 1 N–H and O–H groups in total. The fraction of sp³-hybridized carbons (Fsp3) is 0.368. The third kappa shape index (κ3) is 4.90. The molecule has 2 aromatic rings. The number of nitrogens with one attached hydrogen (secondary N) is 1. The third-order valence-corrected chi connectivity index (χ3v) is 5.04. The van der Waals surface area contributed by atoms with Gasteiger partial charge >= 0.3 is 0 Å². The number of nitrogens with zero attached hydrogens (tertiary/aromatic N) is 3. The number of aromatic nitrogens is 1. The molecule has 1 fully saturated rings. The molecule has 8 heteroatoms. The Morgan fingerprint density at radius 1 is 1.26 bits per heavy atom. The predicted molar refractivity (Wildman–Crippen MR) is 108 cm³/mol. The zero-order chi connectivity index (χ0) is 19.4. The van der Waals surface area contributed by atoms with E-state index in [0.717, 1.165) is 35.7 Å². The van der Waals surface area contributed by atoms with Crippen molar-refractivity contribution in [2.45, 2.75) is 13.8 Å². The second-order valence-corrected chi connectivity index (χ2v) is 7.28. The van der Waals surface area contributed by atoms with Gasteiger partial charge in [0, 0.05) is 35.1 Å². The number of carbonyl (C=O) groups is 1. The van der Waals surface area contributed by atoms with Crippen LogP contribution in [0, 0.1) is 13.8 Å². The zero-order valence-electron chi connectivity index (χ0n) is 15.3. The first kappa shape index (κ1) is 19.9. The smallest absolute Gasteiger partial charge is 0.254 e. The molecule has 6 nitrogen and oxygen atoms in total. The van der Waals surface area contributed by atoms with Crippen molar-refractivity contribution in [3.05, 3.63) is 51.3 Å². The third-order valence-electron chi connectivity index (χ3n) is 4.48. The molecule has 0 saturated carbocycles. The Hall–Kier alpha value is -1.86. The van der Waals surface area contributed by atoms with Crippen LogP contribution in [0.25, 0.3) is 5.69 Å². The van der Waals surface area contributed by atoms with E-state index >= 15 is 0 Å². The van der Waals surface area contributed by atoms with Gasteiger partial charge in [0.1, 0.15) is 0 Å². The van der Waals surface area contributed by atoms with Crippen molar-refractivity contribution in [2.75, 3.05) is 32.8 Å². The maximum absolute atomic E-state index is 12.0. The van der Waals surface area contributed by atoms with Crippen LogP contribution in [0.15, 0.2) is 29.4 Å². The number of aryl methyl sites for hydroxylation is 1. The first-order chi connectivity index (χ1) is 13.0. The minimum atomic E-state index is -0.139. The molecule has 2 heterocycles. The molecule has 1 aromatic carbocycles. The minimum absolute atomic E-state index is 0.139. The zero-order valence-corrected chi connectivity index (χ0v) is 16.8. The molecule has 0 radical (unpaired) electrons. The van der Waals surface area contributed by atoms with Gasteiger partial charge in [0.25, 0.3) is 5.91 Å². The Kier molecular flexibility index (Phi) is 6.55. The molecule has 1 aromatic heterocycles. The fourth-order valence-corrected chi connectivity index (χ4v) is 3.49. The number of hydrazone groups is 1. The first-order valence-corrected chi connectivity index (χ1v) is 9.47. The molecule has 0 atom stereocenters. The van der Waals surface area contributed by atoms with E-state index in [1.165, 1.54) is 0 Å². The number of rotatable bonds is 5. The quantitative estimate of drug-likeness (QED) is 0.610. The predicted octanol–water partition coefficient (Wildman–Crippen LogP) is 3.18. The van der Waals surface area contributed by atoms with Gasteiger partial charge in [-0.15, -0.1) is 0 Å². The lowest BCUT2D eigenvalue weighted by molar-refractivity contribution is -0.123. The Balaban J connectivity index is 1.70. The van der Waals surface area contributed by atoms with Crippen LogP contribution in [-0.4, -0.2) is 54.4 Å². The summed E-state index contributed by atoms with van der Waals surface area (Å²) in [5.41, 5.74) is 6.26. The summed E-state index contributed by atoms with van der Waals surface area (Å²) in [6.45, 7) is 7.12. The molecule has 0 bridgehead atoms. The monoisotopic (exact) mass is 408 g/mol. The van der Waals surface area contributed by atoms with Crippen molar-refractivity contribution in [2.24, 2.45) is 5.10 Å². The van der Waals surface area contributed by atoms with E-state index in [-0.39, 0.29) is 5.91 Å². The standard InChI is InChI=1S/C19H22Cl2N4O2/c1-13-9-15(11-22-23-19(26)12-24-5-7-27-8-6-24)14(2)25(13)18-10-16(20)3-4-17(18)21/h3-4,9-11H,5-8,12H2,1-2H3,(H,23,26)/b22-11-. The lowest BCUT2D eigenvalue weighted by atomic mass is 10.2.